The van der Waals surface area contributed by atoms with Crippen LogP contribution in [-0.4, -0.2) is 43.6 Å². The molecule has 1 aliphatic heterocycles. The van der Waals surface area contributed by atoms with Gasteiger partial charge in [0.15, 0.2) is 0 Å². The number of halogens is 2. The van der Waals surface area contributed by atoms with E-state index in [1.165, 1.54) is 11.3 Å². The van der Waals surface area contributed by atoms with Gasteiger partial charge in [0.2, 0.25) is 0 Å². The van der Waals surface area contributed by atoms with E-state index in [0.717, 1.165) is 46.9 Å². The zero-order valence-corrected chi connectivity index (χ0v) is 14.9. The third-order valence-corrected chi connectivity index (χ3v) is 5.06. The van der Waals surface area contributed by atoms with Gasteiger partial charge in [-0.25, -0.2) is 0 Å². The van der Waals surface area contributed by atoms with Crippen molar-refractivity contribution in [2.75, 3.05) is 26.7 Å². The Hall–Kier alpha value is -0.300. The van der Waals surface area contributed by atoms with Crippen LogP contribution < -0.4 is 10.1 Å². The molecule has 114 valence electrons. The Morgan fingerprint density at radius 2 is 2.40 bits per heavy atom. The van der Waals surface area contributed by atoms with E-state index in [9.17, 15) is 4.79 Å². The van der Waals surface area contributed by atoms with Crippen molar-refractivity contribution in [3.63, 3.8) is 0 Å². The van der Waals surface area contributed by atoms with Crippen LogP contribution >= 0.6 is 39.7 Å². The lowest BCUT2D eigenvalue weighted by Crippen LogP contribution is -2.41. The molecule has 7 heteroatoms. The standard InChI is InChI=1S/C13H19BrN2O2S.ClH/c1-3-6-16(9-4-5-15-8-9)13(17)11-7-10(18-2)12(14)19-11;/h7,9,15H,3-6,8H2,1-2H3;1H. The molecule has 1 saturated heterocycles. The van der Waals surface area contributed by atoms with Gasteiger partial charge >= 0.3 is 0 Å². The normalized spacial score (nSPS) is 17.6. The predicted octanol–water partition coefficient (Wildman–Crippen LogP) is 3.16. The monoisotopic (exact) mass is 382 g/mol. The quantitative estimate of drug-likeness (QED) is 0.849. The van der Waals surface area contributed by atoms with E-state index in [4.69, 9.17) is 4.74 Å². The number of nitrogens with one attached hydrogen (secondary N) is 1. The minimum Gasteiger partial charge on any atom is -0.495 e. The van der Waals surface area contributed by atoms with Gasteiger partial charge in [-0.05, 0) is 35.3 Å². The number of carbonyl (C=O) groups is 1. The number of hydrogen-bond donors (Lipinski definition) is 1. The number of methoxy groups -OCH3 is 1. The fraction of sp³-hybridized carbons (Fsp3) is 0.615. The first kappa shape index (κ1) is 17.8. The average molecular weight is 384 g/mol. The molecule has 1 amide bonds. The van der Waals surface area contributed by atoms with Crippen LogP contribution in [0.25, 0.3) is 0 Å². The molecule has 1 aromatic rings. The summed E-state index contributed by atoms with van der Waals surface area (Å²) in [6.07, 6.45) is 2.02. The number of amides is 1. The van der Waals surface area contributed by atoms with E-state index in [-0.39, 0.29) is 18.3 Å². The third kappa shape index (κ3) is 3.87. The molecular formula is C13H20BrClN2O2S. The molecule has 2 rings (SSSR count). The van der Waals surface area contributed by atoms with Gasteiger partial charge in [-0.15, -0.1) is 23.7 Å². The molecule has 2 heterocycles. The van der Waals surface area contributed by atoms with Crippen LogP contribution in [0.15, 0.2) is 9.85 Å². The molecule has 0 aromatic carbocycles. The lowest BCUT2D eigenvalue weighted by Gasteiger charge is -2.27. The highest BCUT2D eigenvalue weighted by molar-refractivity contribution is 9.11. The van der Waals surface area contributed by atoms with Crippen molar-refractivity contribution in [1.82, 2.24) is 10.2 Å². The van der Waals surface area contributed by atoms with E-state index < -0.39 is 0 Å². The first-order valence-corrected chi connectivity index (χ1v) is 8.13. The Kier molecular flexibility index (Phi) is 7.29. The van der Waals surface area contributed by atoms with Crippen molar-refractivity contribution >= 4 is 45.6 Å². The lowest BCUT2D eigenvalue weighted by molar-refractivity contribution is 0.0697. The van der Waals surface area contributed by atoms with Gasteiger partial charge in [-0.2, -0.15) is 0 Å². The summed E-state index contributed by atoms with van der Waals surface area (Å²) in [6.45, 7) is 4.81. The second-order valence-corrected chi connectivity index (χ2v) is 6.97. The number of hydrogen-bond acceptors (Lipinski definition) is 4. The fourth-order valence-corrected chi connectivity index (χ4v) is 3.94. The van der Waals surface area contributed by atoms with E-state index >= 15 is 0 Å². The second kappa shape index (κ2) is 8.22. The van der Waals surface area contributed by atoms with Crippen molar-refractivity contribution in [1.29, 1.82) is 0 Å². The molecule has 1 aliphatic rings. The average Bonchev–Trinajstić information content (AvgIpc) is 3.04. The van der Waals surface area contributed by atoms with Gasteiger partial charge in [0.1, 0.15) is 9.54 Å². The molecule has 0 saturated carbocycles. The van der Waals surface area contributed by atoms with Crippen LogP contribution in [0.2, 0.25) is 0 Å². The van der Waals surface area contributed by atoms with Gasteiger partial charge in [-0.1, -0.05) is 6.92 Å². The molecule has 0 aliphatic carbocycles. The van der Waals surface area contributed by atoms with Crippen LogP contribution in [0.5, 0.6) is 5.75 Å². The number of carbonyl (C=O) groups excluding carboxylic acids is 1. The number of thiophene rings is 1. The Morgan fingerprint density at radius 3 is 2.90 bits per heavy atom. The summed E-state index contributed by atoms with van der Waals surface area (Å²) < 4.78 is 6.10. The van der Waals surface area contributed by atoms with Gasteiger partial charge in [0.25, 0.3) is 5.91 Å². The minimum absolute atomic E-state index is 0. The molecule has 1 unspecified atom stereocenters. The minimum atomic E-state index is 0. The Labute approximate surface area is 138 Å². The van der Waals surface area contributed by atoms with Crippen LogP contribution in [0, 0.1) is 0 Å². The molecule has 4 nitrogen and oxygen atoms in total. The largest absolute Gasteiger partial charge is 0.495 e. The third-order valence-electron chi connectivity index (χ3n) is 3.29. The summed E-state index contributed by atoms with van der Waals surface area (Å²) in [6, 6.07) is 2.14. The highest BCUT2D eigenvalue weighted by atomic mass is 79.9. The van der Waals surface area contributed by atoms with Gasteiger partial charge < -0.3 is 15.0 Å². The van der Waals surface area contributed by atoms with Gasteiger partial charge in [0.05, 0.1) is 12.0 Å². The van der Waals surface area contributed by atoms with Crippen LogP contribution in [0.4, 0.5) is 0 Å². The summed E-state index contributed by atoms with van der Waals surface area (Å²) in [7, 11) is 1.62. The van der Waals surface area contributed by atoms with Crippen molar-refractivity contribution in [3.8, 4) is 5.75 Å². The first-order chi connectivity index (χ1) is 9.17. The molecule has 1 atom stereocenters. The summed E-state index contributed by atoms with van der Waals surface area (Å²) in [5.41, 5.74) is 0. The molecular weight excluding hydrogens is 364 g/mol. The molecule has 20 heavy (non-hydrogen) atoms. The Bertz CT molecular complexity index is 450. The zero-order valence-electron chi connectivity index (χ0n) is 11.6. The Morgan fingerprint density at radius 1 is 1.65 bits per heavy atom. The summed E-state index contributed by atoms with van der Waals surface area (Å²) >= 11 is 4.87. The SMILES string of the molecule is CCCN(C(=O)c1cc(OC)c(Br)s1)C1CCNC1.Cl. The van der Waals surface area contributed by atoms with Crippen molar-refractivity contribution in [3.05, 3.63) is 14.7 Å². The highest BCUT2D eigenvalue weighted by Crippen LogP contribution is 2.35. The molecule has 0 radical (unpaired) electrons. The van der Waals surface area contributed by atoms with Crippen molar-refractivity contribution < 1.29 is 9.53 Å². The molecule has 0 bridgehead atoms. The van der Waals surface area contributed by atoms with E-state index in [0.29, 0.717) is 6.04 Å². The summed E-state index contributed by atoms with van der Waals surface area (Å²) in [5.74, 6) is 0.846. The highest BCUT2D eigenvalue weighted by Gasteiger charge is 2.28. The lowest BCUT2D eigenvalue weighted by atomic mass is 10.2. The first-order valence-electron chi connectivity index (χ1n) is 6.52. The maximum atomic E-state index is 12.6. The number of rotatable bonds is 5. The Balaban J connectivity index is 0.00000200. The van der Waals surface area contributed by atoms with Crippen molar-refractivity contribution in [2.24, 2.45) is 0 Å². The van der Waals surface area contributed by atoms with E-state index in [2.05, 4.69) is 28.2 Å². The topological polar surface area (TPSA) is 41.6 Å². The fourth-order valence-electron chi connectivity index (χ4n) is 2.33. The van der Waals surface area contributed by atoms with Crippen LogP contribution in [0.1, 0.15) is 29.4 Å². The number of nitrogens with zero attached hydrogens (tertiary/aromatic N) is 1. The maximum absolute atomic E-state index is 12.6. The van der Waals surface area contributed by atoms with Crippen LogP contribution in [0.3, 0.4) is 0 Å². The molecule has 1 fully saturated rings. The molecule has 0 spiro atoms. The van der Waals surface area contributed by atoms with E-state index in [1.54, 1.807) is 7.11 Å². The number of ether oxygens (including phenoxy) is 1. The van der Waals surface area contributed by atoms with Gasteiger partial charge in [-0.3, -0.25) is 4.79 Å². The molecule has 1 N–H and O–H groups in total. The zero-order chi connectivity index (χ0) is 13.8. The van der Waals surface area contributed by atoms with E-state index in [1.807, 2.05) is 11.0 Å². The van der Waals surface area contributed by atoms with Crippen molar-refractivity contribution in [2.45, 2.75) is 25.8 Å². The maximum Gasteiger partial charge on any atom is 0.264 e. The van der Waals surface area contributed by atoms with Crippen LogP contribution in [-0.2, 0) is 0 Å². The second-order valence-electron chi connectivity index (χ2n) is 4.60. The smallest absolute Gasteiger partial charge is 0.264 e. The van der Waals surface area contributed by atoms with Gasteiger partial charge in [0, 0.05) is 25.2 Å². The summed E-state index contributed by atoms with van der Waals surface area (Å²) in [5, 5.41) is 3.32. The summed E-state index contributed by atoms with van der Waals surface area (Å²) in [4.78, 5) is 15.4. The predicted molar refractivity (Wildman–Crippen MR) is 88.4 cm³/mol. The molecule has 1 aromatic heterocycles.